The van der Waals surface area contributed by atoms with Gasteiger partial charge >= 0.3 is 0 Å². The Bertz CT molecular complexity index is 255. The lowest BCUT2D eigenvalue weighted by atomic mass is 10.2. The fraction of sp³-hybridized carbons (Fsp3) is 0.111. The SMILES string of the molecule is [CH]/N=C/c1cccc(OC)c1. The third-order valence-corrected chi connectivity index (χ3v) is 1.32. The van der Waals surface area contributed by atoms with Crippen molar-refractivity contribution in [2.75, 3.05) is 7.11 Å². The maximum Gasteiger partial charge on any atom is 0.119 e. The molecule has 2 nitrogen and oxygen atoms in total. The zero-order chi connectivity index (χ0) is 8.10. The van der Waals surface area contributed by atoms with Gasteiger partial charge in [-0.1, -0.05) is 12.1 Å². The molecule has 1 aromatic rings. The van der Waals surface area contributed by atoms with Crippen molar-refractivity contribution in [3.63, 3.8) is 0 Å². The van der Waals surface area contributed by atoms with Crippen LogP contribution in [0.1, 0.15) is 5.56 Å². The second-order valence-corrected chi connectivity index (χ2v) is 2.05. The zero-order valence-electron chi connectivity index (χ0n) is 6.32. The molecule has 2 heteroatoms. The van der Waals surface area contributed by atoms with Crippen LogP contribution in [0.2, 0.25) is 0 Å². The van der Waals surface area contributed by atoms with Gasteiger partial charge in [0.2, 0.25) is 0 Å². The van der Waals surface area contributed by atoms with Gasteiger partial charge in [0.15, 0.2) is 0 Å². The summed E-state index contributed by atoms with van der Waals surface area (Å²) in [5.41, 5.74) is 0.937. The highest BCUT2D eigenvalue weighted by atomic mass is 16.5. The summed E-state index contributed by atoms with van der Waals surface area (Å²) >= 11 is 0. The highest BCUT2D eigenvalue weighted by Gasteiger charge is 1.90. The molecule has 0 saturated heterocycles. The van der Waals surface area contributed by atoms with Crippen LogP contribution in [-0.4, -0.2) is 13.3 Å². The summed E-state index contributed by atoms with van der Waals surface area (Å²) in [6.07, 6.45) is 1.57. The second kappa shape index (κ2) is 3.76. The maximum absolute atomic E-state index is 5.00. The van der Waals surface area contributed by atoms with E-state index in [1.807, 2.05) is 24.3 Å². The molecule has 0 unspecified atom stereocenters. The molecule has 1 rings (SSSR count). The average Bonchev–Trinajstić information content (AvgIpc) is 2.06. The van der Waals surface area contributed by atoms with Gasteiger partial charge in [-0.2, -0.15) is 0 Å². The van der Waals surface area contributed by atoms with E-state index in [-0.39, 0.29) is 0 Å². The lowest BCUT2D eigenvalue weighted by Gasteiger charge is -1.98. The smallest absolute Gasteiger partial charge is 0.119 e. The lowest BCUT2D eigenvalue weighted by Crippen LogP contribution is -1.84. The Labute approximate surface area is 66.5 Å². The number of benzene rings is 1. The van der Waals surface area contributed by atoms with Crippen molar-refractivity contribution < 1.29 is 4.74 Å². The highest BCUT2D eigenvalue weighted by Crippen LogP contribution is 2.10. The van der Waals surface area contributed by atoms with E-state index in [0.717, 1.165) is 11.3 Å². The number of nitrogens with zero attached hydrogens (tertiary/aromatic N) is 1. The molecule has 0 heterocycles. The third kappa shape index (κ3) is 2.08. The van der Waals surface area contributed by atoms with Crippen LogP contribution in [0.25, 0.3) is 0 Å². The van der Waals surface area contributed by atoms with Gasteiger partial charge in [0.1, 0.15) is 5.75 Å². The van der Waals surface area contributed by atoms with Crippen LogP contribution in [0.3, 0.4) is 0 Å². The number of hydrogen-bond donors (Lipinski definition) is 0. The Kier molecular flexibility index (Phi) is 2.66. The topological polar surface area (TPSA) is 21.6 Å². The van der Waals surface area contributed by atoms with Gasteiger partial charge in [0.25, 0.3) is 0 Å². The first-order chi connectivity index (χ1) is 5.36. The van der Waals surface area contributed by atoms with Crippen molar-refractivity contribution in [3.8, 4) is 5.75 Å². The summed E-state index contributed by atoms with van der Waals surface area (Å²) < 4.78 is 5.00. The van der Waals surface area contributed by atoms with Gasteiger partial charge < -0.3 is 4.74 Å². The van der Waals surface area contributed by atoms with Crippen LogP contribution in [0, 0.1) is 7.05 Å². The van der Waals surface area contributed by atoms with Crippen molar-refractivity contribution >= 4 is 6.21 Å². The molecule has 0 N–H and O–H groups in total. The van der Waals surface area contributed by atoms with Crippen LogP contribution in [0.4, 0.5) is 0 Å². The normalized spacial score (nSPS) is 10.4. The quantitative estimate of drug-likeness (QED) is 0.584. The fourth-order valence-corrected chi connectivity index (χ4v) is 0.808. The number of rotatable bonds is 2. The predicted molar refractivity (Wildman–Crippen MR) is 44.9 cm³/mol. The lowest BCUT2D eigenvalue weighted by molar-refractivity contribution is 0.415. The minimum absolute atomic E-state index is 0.808. The predicted octanol–water partition coefficient (Wildman–Crippen LogP) is 1.78. The molecule has 0 spiro atoms. The number of ether oxygens (including phenoxy) is 1. The summed E-state index contributed by atoms with van der Waals surface area (Å²) in [5.74, 6) is 0.808. The van der Waals surface area contributed by atoms with Crippen LogP contribution in [-0.2, 0) is 0 Å². The Balaban J connectivity index is 2.91. The second-order valence-electron chi connectivity index (χ2n) is 2.05. The average molecular weight is 147 g/mol. The molecule has 0 aliphatic rings. The van der Waals surface area contributed by atoms with E-state index in [9.17, 15) is 0 Å². The van der Waals surface area contributed by atoms with Crippen LogP contribution in [0.5, 0.6) is 5.75 Å². The van der Waals surface area contributed by atoms with Crippen LogP contribution >= 0.6 is 0 Å². The number of aliphatic imine (C=N–C) groups is 1. The molecule has 0 atom stereocenters. The Morgan fingerprint density at radius 3 is 3.00 bits per heavy atom. The monoisotopic (exact) mass is 147 g/mol. The van der Waals surface area contributed by atoms with E-state index < -0.39 is 0 Å². The Hall–Kier alpha value is -1.31. The first-order valence-corrected chi connectivity index (χ1v) is 3.24. The number of methoxy groups -OCH3 is 1. The standard InChI is InChI=1S/C9H9NO/c1-10-7-8-4-3-5-9(6-8)11-2/h1,3-7H,2H3. The molecule has 56 valence electrons. The maximum atomic E-state index is 5.00. The van der Waals surface area contributed by atoms with Crippen molar-refractivity contribution in [1.82, 2.24) is 0 Å². The minimum atomic E-state index is 0.808. The highest BCUT2D eigenvalue weighted by molar-refractivity contribution is 5.80. The molecular weight excluding hydrogens is 138 g/mol. The summed E-state index contributed by atoms with van der Waals surface area (Å²) in [7, 11) is 6.60. The molecule has 2 radical (unpaired) electrons. The van der Waals surface area contributed by atoms with Crippen LogP contribution < -0.4 is 4.74 Å². The van der Waals surface area contributed by atoms with Gasteiger partial charge in [-0.05, 0) is 17.7 Å². The van der Waals surface area contributed by atoms with E-state index in [0.29, 0.717) is 0 Å². The van der Waals surface area contributed by atoms with Gasteiger partial charge in [0, 0.05) is 6.21 Å². The zero-order valence-corrected chi connectivity index (χ0v) is 6.32. The molecule has 0 amide bonds. The molecule has 0 fully saturated rings. The first kappa shape index (κ1) is 7.79. The van der Waals surface area contributed by atoms with E-state index in [2.05, 4.69) is 4.99 Å². The van der Waals surface area contributed by atoms with Gasteiger partial charge in [-0.15, -0.1) is 0 Å². The van der Waals surface area contributed by atoms with Gasteiger partial charge in [-0.3, -0.25) is 4.99 Å². The molecule has 0 aliphatic heterocycles. The first-order valence-electron chi connectivity index (χ1n) is 3.24. The van der Waals surface area contributed by atoms with Gasteiger partial charge in [-0.25, -0.2) is 0 Å². The molecular formula is C9H9NO. The van der Waals surface area contributed by atoms with Crippen molar-refractivity contribution in [2.24, 2.45) is 4.99 Å². The Morgan fingerprint density at radius 1 is 1.55 bits per heavy atom. The largest absolute Gasteiger partial charge is 0.497 e. The molecule has 0 aromatic heterocycles. The summed E-state index contributed by atoms with van der Waals surface area (Å²) in [6, 6.07) is 7.51. The van der Waals surface area contributed by atoms with Gasteiger partial charge in [0.05, 0.1) is 14.2 Å². The van der Waals surface area contributed by atoms with Crippen LogP contribution in [0.15, 0.2) is 29.3 Å². The third-order valence-electron chi connectivity index (χ3n) is 1.32. The van der Waals surface area contributed by atoms with E-state index in [1.54, 1.807) is 13.3 Å². The van der Waals surface area contributed by atoms with Crippen molar-refractivity contribution in [1.29, 1.82) is 0 Å². The molecule has 0 aliphatic carbocycles. The summed E-state index contributed by atoms with van der Waals surface area (Å²) in [5, 5.41) is 0. The van der Waals surface area contributed by atoms with E-state index >= 15 is 0 Å². The summed E-state index contributed by atoms with van der Waals surface area (Å²) in [4.78, 5) is 3.40. The van der Waals surface area contributed by atoms with E-state index in [1.165, 1.54) is 0 Å². The summed E-state index contributed by atoms with van der Waals surface area (Å²) in [6.45, 7) is 0. The molecule has 11 heavy (non-hydrogen) atoms. The Morgan fingerprint density at radius 2 is 2.36 bits per heavy atom. The fourth-order valence-electron chi connectivity index (χ4n) is 0.808. The minimum Gasteiger partial charge on any atom is -0.497 e. The molecule has 0 saturated carbocycles. The van der Waals surface area contributed by atoms with E-state index in [4.69, 9.17) is 11.8 Å². The number of hydrogen-bond acceptors (Lipinski definition) is 2. The van der Waals surface area contributed by atoms with Crippen molar-refractivity contribution in [2.45, 2.75) is 0 Å². The molecule has 1 aromatic carbocycles. The van der Waals surface area contributed by atoms with Crippen molar-refractivity contribution in [3.05, 3.63) is 36.9 Å². The molecule has 0 bridgehead atoms.